The van der Waals surface area contributed by atoms with Crippen molar-refractivity contribution in [3.63, 3.8) is 0 Å². The Bertz CT molecular complexity index is 1570. The number of fused-ring (bicyclic) bond motifs is 4. The molecule has 6 heterocycles. The molecule has 0 saturated carbocycles. The average molecular weight is 552 g/mol. The standard InChI is InChI=1S/C31H33N7O3/c1-19-23-15-21(7-8-22(23)28(40)33-19)34-27-16-25(35-26(18-39)20-5-3-2-4-6-20)24(17-32-27)29-36-30(37-41-29)31-9-12-38(13-10-31)14-11-31/h2-8,15-17,19,26,39H,9-14,18H2,1H3,(H,33,40)(H2,32,34,35)/t19?,26-/m1/s1. The minimum absolute atomic E-state index is 0.0301. The first-order chi connectivity index (χ1) is 20.0. The maximum atomic E-state index is 12.2. The molecule has 8 rings (SSSR count). The summed E-state index contributed by atoms with van der Waals surface area (Å²) >= 11 is 0. The molecule has 0 aliphatic carbocycles. The smallest absolute Gasteiger partial charge is 0.261 e. The topological polar surface area (TPSA) is 128 Å². The number of nitrogens with zero attached hydrogens (tertiary/aromatic N) is 4. The maximum Gasteiger partial charge on any atom is 0.261 e. The number of hydrogen-bond acceptors (Lipinski definition) is 9. The molecule has 2 aromatic carbocycles. The molecule has 210 valence electrons. The van der Waals surface area contributed by atoms with Gasteiger partial charge >= 0.3 is 0 Å². The maximum absolute atomic E-state index is 12.2. The van der Waals surface area contributed by atoms with Gasteiger partial charge in [0.15, 0.2) is 5.82 Å². The fourth-order valence-electron chi connectivity index (χ4n) is 6.34. The fourth-order valence-corrected chi connectivity index (χ4v) is 6.34. The molecule has 3 fully saturated rings. The number of benzene rings is 2. The monoisotopic (exact) mass is 551 g/mol. The summed E-state index contributed by atoms with van der Waals surface area (Å²) in [4.78, 5) is 24.2. The van der Waals surface area contributed by atoms with Crippen molar-refractivity contribution in [2.24, 2.45) is 0 Å². The Labute approximate surface area is 238 Å². The van der Waals surface area contributed by atoms with Gasteiger partial charge in [0.25, 0.3) is 11.8 Å². The van der Waals surface area contributed by atoms with Gasteiger partial charge in [0.2, 0.25) is 0 Å². The first-order valence-electron chi connectivity index (χ1n) is 14.2. The van der Waals surface area contributed by atoms with E-state index >= 15 is 0 Å². The van der Waals surface area contributed by atoms with Gasteiger partial charge in [-0.05, 0) is 75.1 Å². The third-order valence-corrected chi connectivity index (χ3v) is 8.85. The molecule has 2 aromatic heterocycles. The fraction of sp³-hybridized carbons (Fsp3) is 0.355. The van der Waals surface area contributed by atoms with Crippen molar-refractivity contribution >= 4 is 23.1 Å². The number of aromatic nitrogens is 3. The largest absolute Gasteiger partial charge is 0.394 e. The zero-order valence-corrected chi connectivity index (χ0v) is 22.9. The van der Waals surface area contributed by atoms with Crippen molar-refractivity contribution in [1.29, 1.82) is 0 Å². The number of nitrogens with one attached hydrogen (secondary N) is 3. The van der Waals surface area contributed by atoms with Crippen LogP contribution < -0.4 is 16.0 Å². The molecular weight excluding hydrogens is 518 g/mol. The molecule has 0 spiro atoms. The zero-order valence-electron chi connectivity index (χ0n) is 22.9. The van der Waals surface area contributed by atoms with Crippen LogP contribution in [-0.4, -0.2) is 57.3 Å². The molecule has 41 heavy (non-hydrogen) atoms. The first-order valence-corrected chi connectivity index (χ1v) is 14.2. The van der Waals surface area contributed by atoms with E-state index < -0.39 is 0 Å². The minimum atomic E-state index is -0.355. The molecule has 1 unspecified atom stereocenters. The van der Waals surface area contributed by atoms with Crippen LogP contribution in [0.3, 0.4) is 0 Å². The lowest BCUT2D eigenvalue weighted by Gasteiger charge is -2.46. The predicted molar refractivity (Wildman–Crippen MR) is 155 cm³/mol. The Morgan fingerprint density at radius 1 is 1.10 bits per heavy atom. The Morgan fingerprint density at radius 2 is 1.88 bits per heavy atom. The Hall–Kier alpha value is -4.28. The number of aliphatic hydroxyl groups excluding tert-OH is 1. The molecule has 10 nitrogen and oxygen atoms in total. The van der Waals surface area contributed by atoms with E-state index in [2.05, 4.69) is 31.0 Å². The van der Waals surface area contributed by atoms with Crippen molar-refractivity contribution < 1.29 is 14.4 Å². The van der Waals surface area contributed by atoms with Crippen molar-refractivity contribution in [2.75, 3.05) is 36.9 Å². The summed E-state index contributed by atoms with van der Waals surface area (Å²) in [5.41, 5.74) is 4.77. The van der Waals surface area contributed by atoms with Gasteiger partial charge in [-0.2, -0.15) is 4.98 Å². The summed E-state index contributed by atoms with van der Waals surface area (Å²) in [6, 6.07) is 17.0. The molecule has 10 heteroatoms. The van der Waals surface area contributed by atoms with Gasteiger partial charge in [0.05, 0.1) is 29.9 Å². The second-order valence-corrected chi connectivity index (χ2v) is 11.3. The molecule has 4 N–H and O–H groups in total. The second kappa shape index (κ2) is 10.3. The Balaban J connectivity index is 1.23. The number of aliphatic hydroxyl groups is 1. The van der Waals surface area contributed by atoms with Gasteiger partial charge in [-0.1, -0.05) is 35.5 Å². The van der Waals surface area contributed by atoms with Crippen molar-refractivity contribution in [2.45, 2.75) is 43.7 Å². The lowest BCUT2D eigenvalue weighted by atomic mass is 9.71. The molecule has 4 aliphatic rings. The van der Waals surface area contributed by atoms with Crippen molar-refractivity contribution in [1.82, 2.24) is 25.3 Å². The van der Waals surface area contributed by atoms with E-state index in [-0.39, 0.29) is 30.0 Å². The van der Waals surface area contributed by atoms with Crippen LogP contribution in [0.5, 0.6) is 0 Å². The van der Waals surface area contributed by atoms with E-state index in [0.29, 0.717) is 28.5 Å². The quantitative estimate of drug-likeness (QED) is 0.249. The number of rotatable bonds is 8. The molecule has 4 aliphatic heterocycles. The van der Waals surface area contributed by atoms with Crippen LogP contribution in [0.4, 0.5) is 17.2 Å². The van der Waals surface area contributed by atoms with E-state index in [1.165, 1.54) is 0 Å². The highest BCUT2D eigenvalue weighted by Gasteiger charge is 2.44. The number of amides is 1. The van der Waals surface area contributed by atoms with Crippen LogP contribution in [0.15, 0.2) is 65.3 Å². The van der Waals surface area contributed by atoms with Gasteiger partial charge in [0.1, 0.15) is 5.82 Å². The van der Waals surface area contributed by atoms with Gasteiger partial charge < -0.3 is 30.5 Å². The molecule has 1 amide bonds. The number of carbonyl (C=O) groups excluding carboxylic acids is 1. The van der Waals surface area contributed by atoms with E-state index in [0.717, 1.165) is 61.5 Å². The van der Waals surface area contributed by atoms with E-state index in [4.69, 9.17) is 9.51 Å². The van der Waals surface area contributed by atoms with Crippen LogP contribution in [0, 0.1) is 0 Å². The number of hydrogen-bond donors (Lipinski definition) is 4. The Kier molecular flexibility index (Phi) is 6.44. The van der Waals surface area contributed by atoms with Gasteiger partial charge in [-0.3, -0.25) is 4.79 Å². The van der Waals surface area contributed by atoms with Crippen LogP contribution >= 0.6 is 0 Å². The third kappa shape index (κ3) is 4.72. The molecule has 4 aromatic rings. The Morgan fingerprint density at radius 3 is 2.63 bits per heavy atom. The second-order valence-electron chi connectivity index (χ2n) is 11.3. The van der Waals surface area contributed by atoms with E-state index in [1.807, 2.05) is 61.5 Å². The lowest BCUT2D eigenvalue weighted by molar-refractivity contribution is 0.0747. The summed E-state index contributed by atoms with van der Waals surface area (Å²) in [6.07, 6.45) is 4.85. The van der Waals surface area contributed by atoms with Crippen molar-refractivity contribution in [3.05, 3.63) is 83.3 Å². The molecular formula is C31H33N7O3. The summed E-state index contributed by atoms with van der Waals surface area (Å²) in [5, 5.41) is 24.6. The zero-order chi connectivity index (χ0) is 28.0. The number of pyridine rings is 1. The highest BCUT2D eigenvalue weighted by molar-refractivity contribution is 5.99. The molecule has 0 radical (unpaired) electrons. The van der Waals surface area contributed by atoms with Crippen LogP contribution in [0.1, 0.15) is 65.6 Å². The van der Waals surface area contributed by atoms with Gasteiger partial charge in [0, 0.05) is 28.9 Å². The minimum Gasteiger partial charge on any atom is -0.394 e. The SMILES string of the molecule is CC1NC(=O)c2ccc(Nc3cc(N[C@H](CO)c4ccccc4)c(-c4nc(C56CCN(CC5)CC6)no4)cn3)cc21. The number of piperidine rings is 3. The van der Waals surface area contributed by atoms with E-state index in [9.17, 15) is 9.90 Å². The summed E-state index contributed by atoms with van der Waals surface area (Å²) in [7, 11) is 0. The van der Waals surface area contributed by atoms with Crippen LogP contribution in [-0.2, 0) is 5.41 Å². The highest BCUT2D eigenvalue weighted by atomic mass is 16.5. The summed E-state index contributed by atoms with van der Waals surface area (Å²) in [5.74, 6) is 1.73. The molecule has 2 bridgehead atoms. The van der Waals surface area contributed by atoms with Gasteiger partial charge in [-0.25, -0.2) is 4.98 Å². The predicted octanol–water partition coefficient (Wildman–Crippen LogP) is 4.56. The normalized spacial score (nSPS) is 23.6. The first kappa shape index (κ1) is 25.7. The lowest BCUT2D eigenvalue weighted by Crippen LogP contribution is -2.51. The average Bonchev–Trinajstić information content (AvgIpc) is 3.62. The highest BCUT2D eigenvalue weighted by Crippen LogP contribution is 2.42. The third-order valence-electron chi connectivity index (χ3n) is 8.85. The van der Waals surface area contributed by atoms with Crippen LogP contribution in [0.2, 0.25) is 0 Å². The van der Waals surface area contributed by atoms with Crippen molar-refractivity contribution in [3.8, 4) is 11.5 Å². The van der Waals surface area contributed by atoms with Crippen LogP contribution in [0.25, 0.3) is 11.5 Å². The summed E-state index contributed by atoms with van der Waals surface area (Å²) in [6.45, 7) is 5.07. The number of anilines is 3. The molecule has 3 saturated heterocycles. The molecule has 2 atom stereocenters. The number of carbonyl (C=O) groups is 1. The van der Waals surface area contributed by atoms with E-state index in [1.54, 1.807) is 6.20 Å². The van der Waals surface area contributed by atoms with Gasteiger partial charge in [-0.15, -0.1) is 0 Å². The summed E-state index contributed by atoms with van der Waals surface area (Å²) < 4.78 is 5.86.